The summed E-state index contributed by atoms with van der Waals surface area (Å²) in [5.74, 6) is 0.449. The molecule has 138 valence electrons. The van der Waals surface area contributed by atoms with Crippen LogP contribution in [0.1, 0.15) is 59.3 Å². The molecule has 0 heterocycles. The topological polar surface area (TPSA) is 89.3 Å². The Bertz CT molecular complexity index is 472. The minimum Gasteiger partial charge on any atom is -0.352 e. The van der Waals surface area contributed by atoms with Crippen LogP contribution in [0.5, 0.6) is 0 Å². The highest BCUT2D eigenvalue weighted by molar-refractivity contribution is 7.90. The maximum atomic E-state index is 12.0. The minimum absolute atomic E-state index is 0. The number of rotatable bonds is 7. The van der Waals surface area contributed by atoms with E-state index in [0.717, 1.165) is 31.9 Å². The zero-order valence-corrected chi connectivity index (χ0v) is 16.4. The third-order valence-electron chi connectivity index (χ3n) is 5.23. The van der Waals surface area contributed by atoms with E-state index >= 15 is 0 Å². The van der Waals surface area contributed by atoms with E-state index in [-0.39, 0.29) is 36.5 Å². The maximum Gasteiger partial charge on any atom is 0.237 e. The molecule has 0 bridgehead atoms. The molecule has 7 heteroatoms. The lowest BCUT2D eigenvalue weighted by Gasteiger charge is -2.39. The van der Waals surface area contributed by atoms with Crippen LogP contribution in [0.15, 0.2) is 0 Å². The fourth-order valence-corrected chi connectivity index (χ4v) is 3.77. The molecule has 1 saturated carbocycles. The standard InChI is InChI=1S/C16H32N2O3S.ClH/c1-5-16(2,3)12-6-8-13(9-7-12)18-15(19)14(17)10-11-22(4,20)21;/h12-14H,5-11,17H2,1-4H3,(H,18,19);1H. The predicted molar refractivity (Wildman–Crippen MR) is 97.5 cm³/mol. The maximum absolute atomic E-state index is 12.0. The van der Waals surface area contributed by atoms with Gasteiger partial charge in [0.15, 0.2) is 0 Å². The van der Waals surface area contributed by atoms with Crippen molar-refractivity contribution in [2.45, 2.75) is 71.4 Å². The molecule has 1 aliphatic carbocycles. The largest absolute Gasteiger partial charge is 0.352 e. The summed E-state index contributed by atoms with van der Waals surface area (Å²) < 4.78 is 22.2. The molecule has 0 radical (unpaired) electrons. The quantitative estimate of drug-likeness (QED) is 0.721. The van der Waals surface area contributed by atoms with Gasteiger partial charge in [-0.3, -0.25) is 4.79 Å². The highest BCUT2D eigenvalue weighted by Crippen LogP contribution is 2.40. The Hall–Kier alpha value is -0.330. The molecule has 1 aliphatic rings. The molecule has 23 heavy (non-hydrogen) atoms. The first kappa shape index (κ1) is 22.7. The second kappa shape index (κ2) is 9.23. The van der Waals surface area contributed by atoms with Crippen LogP contribution >= 0.6 is 12.4 Å². The van der Waals surface area contributed by atoms with Gasteiger partial charge in [0.1, 0.15) is 9.84 Å². The van der Waals surface area contributed by atoms with Crippen LogP contribution in [0.3, 0.4) is 0 Å². The average molecular weight is 369 g/mol. The van der Waals surface area contributed by atoms with Crippen molar-refractivity contribution < 1.29 is 13.2 Å². The zero-order valence-electron chi connectivity index (χ0n) is 14.8. The van der Waals surface area contributed by atoms with Gasteiger partial charge in [0.05, 0.1) is 11.8 Å². The summed E-state index contributed by atoms with van der Waals surface area (Å²) in [6.07, 6.45) is 6.74. The molecular weight excluding hydrogens is 336 g/mol. The van der Waals surface area contributed by atoms with Crippen molar-refractivity contribution in [2.24, 2.45) is 17.1 Å². The molecule has 5 nitrogen and oxygen atoms in total. The van der Waals surface area contributed by atoms with Crippen molar-refractivity contribution in [1.82, 2.24) is 5.32 Å². The van der Waals surface area contributed by atoms with E-state index < -0.39 is 15.9 Å². The van der Waals surface area contributed by atoms with Gasteiger partial charge in [-0.25, -0.2) is 8.42 Å². The number of carbonyl (C=O) groups excluding carboxylic acids is 1. The van der Waals surface area contributed by atoms with Gasteiger partial charge in [-0.2, -0.15) is 0 Å². The molecule has 1 atom stereocenters. The second-order valence-electron chi connectivity index (χ2n) is 7.42. The minimum atomic E-state index is -3.07. The van der Waals surface area contributed by atoms with Crippen molar-refractivity contribution >= 4 is 28.2 Å². The molecule has 0 aromatic heterocycles. The van der Waals surface area contributed by atoms with Crippen molar-refractivity contribution in [1.29, 1.82) is 0 Å². The van der Waals surface area contributed by atoms with Gasteiger partial charge in [-0.05, 0) is 43.4 Å². The molecule has 0 aliphatic heterocycles. The van der Waals surface area contributed by atoms with Crippen LogP contribution < -0.4 is 11.1 Å². The lowest BCUT2D eigenvalue weighted by Crippen LogP contribution is -2.47. The number of amides is 1. The van der Waals surface area contributed by atoms with Crippen molar-refractivity contribution in [3.8, 4) is 0 Å². The van der Waals surface area contributed by atoms with Crippen LogP contribution in [0.4, 0.5) is 0 Å². The highest BCUT2D eigenvalue weighted by Gasteiger charge is 2.32. The monoisotopic (exact) mass is 368 g/mol. The van der Waals surface area contributed by atoms with Crippen molar-refractivity contribution in [3.63, 3.8) is 0 Å². The molecule has 0 spiro atoms. The second-order valence-corrected chi connectivity index (χ2v) is 9.68. The van der Waals surface area contributed by atoms with Gasteiger partial charge in [0, 0.05) is 12.3 Å². The normalized spacial score (nSPS) is 23.7. The van der Waals surface area contributed by atoms with Gasteiger partial charge in [-0.15, -0.1) is 12.4 Å². The molecule has 3 N–H and O–H groups in total. The van der Waals surface area contributed by atoms with Gasteiger partial charge in [0.25, 0.3) is 0 Å². The molecular formula is C16H33ClN2O3S. The molecule has 1 rings (SSSR count). The van der Waals surface area contributed by atoms with Crippen LogP contribution in [-0.2, 0) is 14.6 Å². The fraction of sp³-hybridized carbons (Fsp3) is 0.938. The van der Waals surface area contributed by atoms with E-state index in [4.69, 9.17) is 5.73 Å². The van der Waals surface area contributed by atoms with Gasteiger partial charge in [-0.1, -0.05) is 27.2 Å². The fourth-order valence-electron chi connectivity index (χ4n) is 3.09. The van der Waals surface area contributed by atoms with E-state index in [1.165, 1.54) is 6.42 Å². The average Bonchev–Trinajstić information content (AvgIpc) is 2.44. The van der Waals surface area contributed by atoms with Gasteiger partial charge >= 0.3 is 0 Å². The first-order chi connectivity index (χ1) is 10.0. The van der Waals surface area contributed by atoms with Crippen LogP contribution in [-0.4, -0.2) is 38.4 Å². The third kappa shape index (κ3) is 7.86. The summed E-state index contributed by atoms with van der Waals surface area (Å²) in [4.78, 5) is 12.0. The van der Waals surface area contributed by atoms with E-state index in [9.17, 15) is 13.2 Å². The molecule has 1 unspecified atom stereocenters. The summed E-state index contributed by atoms with van der Waals surface area (Å²) in [5.41, 5.74) is 6.15. The number of hydrogen-bond acceptors (Lipinski definition) is 4. The Morgan fingerprint density at radius 1 is 1.26 bits per heavy atom. The summed E-state index contributed by atoms with van der Waals surface area (Å²) >= 11 is 0. The summed E-state index contributed by atoms with van der Waals surface area (Å²) in [5, 5.41) is 2.99. The molecule has 1 fully saturated rings. The Morgan fingerprint density at radius 3 is 2.22 bits per heavy atom. The predicted octanol–water partition coefficient (Wildman–Crippen LogP) is 2.28. The van der Waals surface area contributed by atoms with E-state index in [0.29, 0.717) is 11.3 Å². The Balaban J connectivity index is 0.00000484. The lowest BCUT2D eigenvalue weighted by molar-refractivity contribution is -0.123. The Labute approximate surface area is 147 Å². The lowest BCUT2D eigenvalue weighted by atomic mass is 9.69. The Kier molecular flexibility index (Phi) is 9.10. The van der Waals surface area contributed by atoms with Crippen LogP contribution in [0.2, 0.25) is 0 Å². The highest BCUT2D eigenvalue weighted by atomic mass is 35.5. The van der Waals surface area contributed by atoms with Crippen LogP contribution in [0.25, 0.3) is 0 Å². The summed E-state index contributed by atoms with van der Waals surface area (Å²) in [7, 11) is -3.07. The molecule has 0 saturated heterocycles. The smallest absolute Gasteiger partial charge is 0.237 e. The number of nitrogens with one attached hydrogen (secondary N) is 1. The SMILES string of the molecule is CCC(C)(C)C1CCC(NC(=O)C(N)CCS(C)(=O)=O)CC1.Cl. The van der Waals surface area contributed by atoms with E-state index in [1.807, 2.05) is 0 Å². The number of hydrogen-bond donors (Lipinski definition) is 2. The first-order valence-corrected chi connectivity index (χ1v) is 10.3. The Morgan fingerprint density at radius 2 is 1.78 bits per heavy atom. The van der Waals surface area contributed by atoms with Crippen molar-refractivity contribution in [3.05, 3.63) is 0 Å². The third-order valence-corrected chi connectivity index (χ3v) is 6.20. The van der Waals surface area contributed by atoms with Crippen molar-refractivity contribution in [2.75, 3.05) is 12.0 Å². The number of nitrogens with two attached hydrogens (primary N) is 1. The molecule has 0 aromatic carbocycles. The number of carbonyl (C=O) groups is 1. The number of halogens is 1. The van der Waals surface area contributed by atoms with Gasteiger partial charge in [0.2, 0.25) is 5.91 Å². The van der Waals surface area contributed by atoms with Gasteiger partial charge < -0.3 is 11.1 Å². The molecule has 0 aromatic rings. The van der Waals surface area contributed by atoms with Crippen LogP contribution in [0, 0.1) is 11.3 Å². The number of sulfone groups is 1. The molecule has 1 amide bonds. The zero-order chi connectivity index (χ0) is 17.0. The van der Waals surface area contributed by atoms with E-state index in [2.05, 4.69) is 26.1 Å². The first-order valence-electron chi connectivity index (χ1n) is 8.29. The summed E-state index contributed by atoms with van der Waals surface area (Å²) in [6, 6.07) is -0.555. The van der Waals surface area contributed by atoms with E-state index in [1.54, 1.807) is 0 Å². The summed E-state index contributed by atoms with van der Waals surface area (Å²) in [6.45, 7) is 6.87.